The van der Waals surface area contributed by atoms with Crippen LogP contribution in [0, 0.1) is 43.3 Å². The summed E-state index contributed by atoms with van der Waals surface area (Å²) in [5.74, 6) is 0. The summed E-state index contributed by atoms with van der Waals surface area (Å²) in [4.78, 5) is 0. The molecule has 0 aromatic heterocycles. The molecule has 8 aromatic rings. The van der Waals surface area contributed by atoms with Crippen molar-refractivity contribution < 1.29 is 8.78 Å². The summed E-state index contributed by atoms with van der Waals surface area (Å²) in [6, 6.07) is 72.3. The quantitative estimate of drug-likeness (QED) is 0.0383. The number of rotatable bonds is 20. The highest BCUT2D eigenvalue weighted by Crippen LogP contribution is 2.47. The van der Waals surface area contributed by atoms with Gasteiger partial charge in [0.15, 0.2) is 0 Å². The fraction of sp³-hybridized carbons (Fsp3) is 0.636. The first-order valence-electron chi connectivity index (χ1n) is 53.5. The molecule has 1 saturated carbocycles. The Kier molecular flexibility index (Phi) is 53.3. The Hall–Kier alpha value is -7.34. The zero-order chi connectivity index (χ0) is 111. The van der Waals surface area contributed by atoms with Crippen molar-refractivity contribution >= 4 is 22.7 Å². The van der Waals surface area contributed by atoms with Gasteiger partial charge in [-0.3, -0.25) is 8.78 Å². The number of alkyl halides is 2. The molecule has 10 heteroatoms. The minimum absolute atomic E-state index is 0.00148. The molecule has 1 aliphatic carbocycles. The van der Waals surface area contributed by atoms with Gasteiger partial charge in [-0.25, -0.2) is 0 Å². The summed E-state index contributed by atoms with van der Waals surface area (Å²) >= 11 is 0. The van der Waals surface area contributed by atoms with Gasteiger partial charge in [0.2, 0.25) is 0 Å². The SMILES string of the molecule is CC(C)(C)Cc1ccc(C(C)(C)NC(C)(C)C)cc1.CC(C)(C)Cc1ccc(C2(NC(C)(C)C)CC2)cc1.CC(C)(C)Cc1ccc(NC(C)(C)C)cc1.CC(C)(C)Cc1ccc(NC(C)(C)C)cc1.CC(C)(C)Cc1cccc(NC(C)(C)C)c1.CC(C)(C)Cc1cccc(NC(C)(C)C)c1.CF.CF.C[C@@H](NC(C)(C)C)c1ccc(CC(C)(C)C)cc1.C[C@H](NC(C)(C)C)c1ccc(CC(C)(C)C)cc1. The summed E-state index contributed by atoms with van der Waals surface area (Å²) in [5, 5.41) is 28.6. The van der Waals surface area contributed by atoms with Crippen LogP contribution < -0.4 is 42.5 Å². The van der Waals surface area contributed by atoms with Gasteiger partial charge in [0.25, 0.3) is 0 Å². The molecular formula is C132H224F2N8. The van der Waals surface area contributed by atoms with E-state index in [1.54, 1.807) is 0 Å². The first kappa shape index (κ1) is 135. The Morgan fingerprint density at radius 1 is 0.225 bits per heavy atom. The van der Waals surface area contributed by atoms with Gasteiger partial charge in [0.05, 0.1) is 14.4 Å². The number of halogens is 2. The second kappa shape index (κ2) is 56.2. The van der Waals surface area contributed by atoms with Crippen LogP contribution in [-0.2, 0) is 62.4 Å². The van der Waals surface area contributed by atoms with E-state index in [0.717, 1.165) is 51.4 Å². The molecule has 0 spiro atoms. The van der Waals surface area contributed by atoms with E-state index in [9.17, 15) is 8.78 Å². The third kappa shape index (κ3) is 71.2. The highest BCUT2D eigenvalue weighted by molar-refractivity contribution is 5.50. The van der Waals surface area contributed by atoms with E-state index in [1.807, 2.05) is 0 Å². The summed E-state index contributed by atoms with van der Waals surface area (Å²) in [7, 11) is 1.00. The molecule has 0 saturated heterocycles. The number of hydrogen-bond acceptors (Lipinski definition) is 8. The standard InChI is InChI=1S/C18H29N.C18H31N.2C17H29N.4C15H25N.2CH3F/c1-16(2,3)13-14-7-9-15(10-8-14)18(11-12-18)19-17(4,5)6;1-16(2,3)13-14-9-11-15(12-10-14)18(7,8)19-17(4,5)6;2*1-13(18-17(5,6)7)15-10-8-14(9-11-15)12-16(2,3)4;2*1-14(2,3)11-12-7-9-13(10-8-12)16-15(4,5)6;2*1-14(2,3)11-12-8-7-9-13(10-12)16-15(4,5)6;2*1-2/h7-10,19H,11-13H2,1-6H3;9-12,19H,13H2,1-8H3;2*8-11,13,18H,12H2,1-7H3;4*7-10,16H,11H2,1-6H3;2*1H3/t;;2*13-;;;;;;/m..10....../s1. The monoisotopic (exact) mass is 1960 g/mol. The summed E-state index contributed by atoms with van der Waals surface area (Å²) in [6.45, 7) is 116. The molecule has 8 N–H and O–H groups in total. The first-order chi connectivity index (χ1) is 63.7. The lowest BCUT2D eigenvalue weighted by Crippen LogP contribution is -2.48. The summed E-state index contributed by atoms with van der Waals surface area (Å²) in [6.07, 6.45) is 11.6. The van der Waals surface area contributed by atoms with Crippen LogP contribution >= 0.6 is 0 Å². The Morgan fingerprint density at radius 2 is 0.437 bits per heavy atom. The molecular weight excluding hydrogens is 1740 g/mol. The maximum Gasteiger partial charge on any atom is 0.0785 e. The highest BCUT2D eigenvalue weighted by Gasteiger charge is 2.46. The molecule has 8 nitrogen and oxygen atoms in total. The van der Waals surface area contributed by atoms with E-state index in [-0.39, 0.29) is 55.4 Å². The maximum atomic E-state index is 9.50. The van der Waals surface area contributed by atoms with Crippen LogP contribution in [0.4, 0.5) is 31.5 Å². The van der Waals surface area contributed by atoms with Crippen molar-refractivity contribution in [1.82, 2.24) is 21.3 Å². The Balaban J connectivity index is 0.00000159. The van der Waals surface area contributed by atoms with Crippen molar-refractivity contribution in [3.05, 3.63) is 261 Å². The van der Waals surface area contributed by atoms with Crippen molar-refractivity contribution in [3.63, 3.8) is 0 Å². The molecule has 1 fully saturated rings. The van der Waals surface area contributed by atoms with Gasteiger partial charge in [-0.05, 0) is 417 Å². The van der Waals surface area contributed by atoms with E-state index < -0.39 is 0 Å². The van der Waals surface area contributed by atoms with E-state index in [1.165, 1.54) is 102 Å². The van der Waals surface area contributed by atoms with Crippen molar-refractivity contribution in [3.8, 4) is 0 Å². The summed E-state index contributed by atoms with van der Waals surface area (Å²) < 4.78 is 19.0. The van der Waals surface area contributed by atoms with Crippen LogP contribution in [0.2, 0.25) is 0 Å². The molecule has 142 heavy (non-hydrogen) atoms. The van der Waals surface area contributed by atoms with Gasteiger partial charge in [-0.1, -0.05) is 312 Å². The molecule has 0 bridgehead atoms. The molecule has 9 rings (SSSR count). The lowest BCUT2D eigenvalue weighted by molar-refractivity contribution is 0.286. The Bertz CT molecular complexity index is 4290. The van der Waals surface area contributed by atoms with Gasteiger partial charge in [0.1, 0.15) is 0 Å². The van der Waals surface area contributed by atoms with Gasteiger partial charge in [0, 0.05) is 90.2 Å². The largest absolute Gasteiger partial charge is 0.380 e. The van der Waals surface area contributed by atoms with Gasteiger partial charge in [-0.2, -0.15) is 0 Å². The fourth-order valence-electron chi connectivity index (χ4n) is 17.2. The van der Waals surface area contributed by atoms with Crippen molar-refractivity contribution in [2.75, 3.05) is 35.6 Å². The zero-order valence-corrected chi connectivity index (χ0v) is 102. The summed E-state index contributed by atoms with van der Waals surface area (Å²) in [5.41, 5.74) is 25.9. The molecule has 0 radical (unpaired) electrons. The number of hydrogen-bond donors (Lipinski definition) is 8. The third-order valence-electron chi connectivity index (χ3n) is 21.2. The van der Waals surface area contributed by atoms with Crippen molar-refractivity contribution in [1.29, 1.82) is 0 Å². The van der Waals surface area contributed by atoms with Crippen molar-refractivity contribution in [2.24, 2.45) is 43.3 Å². The van der Waals surface area contributed by atoms with E-state index in [4.69, 9.17) is 0 Å². The lowest BCUT2D eigenvalue weighted by atomic mass is 9.86. The zero-order valence-electron chi connectivity index (χ0n) is 102. The average molecular weight is 1960 g/mol. The van der Waals surface area contributed by atoms with Crippen molar-refractivity contribution in [2.45, 2.75) is 492 Å². The van der Waals surface area contributed by atoms with Crippen LogP contribution in [0.15, 0.2) is 194 Å². The fourth-order valence-corrected chi connectivity index (χ4v) is 17.2. The van der Waals surface area contributed by atoms with Gasteiger partial charge >= 0.3 is 0 Å². The molecule has 0 aliphatic heterocycles. The minimum atomic E-state index is -0.00148. The molecule has 1 aliphatic rings. The predicted molar refractivity (Wildman–Crippen MR) is 637 cm³/mol. The van der Waals surface area contributed by atoms with Gasteiger partial charge < -0.3 is 42.5 Å². The number of nitrogens with one attached hydrogen (secondary N) is 8. The minimum Gasteiger partial charge on any atom is -0.380 e. The molecule has 806 valence electrons. The highest BCUT2D eigenvalue weighted by atomic mass is 19.1. The predicted octanol–water partition coefficient (Wildman–Crippen LogP) is 38.1. The normalized spacial score (nSPS) is 13.8. The molecule has 0 unspecified atom stereocenters. The van der Waals surface area contributed by atoms with Gasteiger partial charge in [-0.15, -0.1) is 0 Å². The van der Waals surface area contributed by atoms with Crippen LogP contribution in [-0.4, -0.2) is 58.7 Å². The Morgan fingerprint density at radius 3 is 0.641 bits per heavy atom. The second-order valence-electron chi connectivity index (χ2n) is 59.3. The Labute approximate surface area is 878 Å². The molecule has 8 aromatic carbocycles. The van der Waals surface area contributed by atoms with Crippen LogP contribution in [0.25, 0.3) is 0 Å². The van der Waals surface area contributed by atoms with E-state index in [2.05, 4.69) is 597 Å². The van der Waals surface area contributed by atoms with E-state index >= 15 is 0 Å². The second-order valence-corrected chi connectivity index (χ2v) is 59.3. The topological polar surface area (TPSA) is 96.2 Å². The first-order valence-corrected chi connectivity index (χ1v) is 53.5. The smallest absolute Gasteiger partial charge is 0.0785 e. The molecule has 2 atom stereocenters. The third-order valence-corrected chi connectivity index (χ3v) is 21.2. The number of anilines is 4. The lowest BCUT2D eigenvalue weighted by Gasteiger charge is -2.35. The number of benzene rings is 8. The average Bonchev–Trinajstić information content (AvgIpc) is 1.61. The van der Waals surface area contributed by atoms with E-state index in [0.29, 0.717) is 69.8 Å². The van der Waals surface area contributed by atoms with Crippen LogP contribution in [0.3, 0.4) is 0 Å². The molecule has 0 heterocycles. The maximum absolute atomic E-state index is 9.50. The molecule has 0 amide bonds. The van der Waals surface area contributed by atoms with Crippen LogP contribution in [0.1, 0.15) is 452 Å². The van der Waals surface area contributed by atoms with Crippen LogP contribution in [0.5, 0.6) is 0 Å².